The molecule has 1 aliphatic heterocycles. The minimum atomic E-state index is -0.203. The van der Waals surface area contributed by atoms with Gasteiger partial charge in [-0.2, -0.15) is 0 Å². The summed E-state index contributed by atoms with van der Waals surface area (Å²) in [6.45, 7) is 3.50. The molecular weight excluding hydrogens is 266 g/mol. The lowest BCUT2D eigenvalue weighted by Gasteiger charge is -2.06. The number of benzene rings is 1. The Balaban J connectivity index is 1.62. The number of carbonyl (C=O) groups is 1. The Labute approximate surface area is 123 Å². The standard InChI is InChI=1S/C16H19N3O2/c1-11-5-2-3-6-12(11)9-18-15(20)14-10-21-16(19-14)13-7-4-8-17-13/h2-3,5-6,10,13,17H,4,7-9H2,1H3,(H,18,20). The van der Waals surface area contributed by atoms with E-state index in [1.807, 2.05) is 31.2 Å². The van der Waals surface area contributed by atoms with Crippen LogP contribution >= 0.6 is 0 Å². The van der Waals surface area contributed by atoms with Crippen molar-refractivity contribution in [2.24, 2.45) is 0 Å². The molecule has 2 aromatic rings. The number of carbonyl (C=O) groups excluding carboxylic acids is 1. The number of aromatic nitrogens is 1. The van der Waals surface area contributed by atoms with Gasteiger partial charge in [0.1, 0.15) is 6.26 Å². The van der Waals surface area contributed by atoms with Crippen LogP contribution < -0.4 is 10.6 Å². The maximum absolute atomic E-state index is 12.1. The van der Waals surface area contributed by atoms with Gasteiger partial charge in [0.05, 0.1) is 6.04 Å². The lowest BCUT2D eigenvalue weighted by Crippen LogP contribution is -2.23. The maximum Gasteiger partial charge on any atom is 0.273 e. The van der Waals surface area contributed by atoms with E-state index < -0.39 is 0 Å². The molecule has 1 atom stereocenters. The highest BCUT2D eigenvalue weighted by atomic mass is 16.3. The van der Waals surface area contributed by atoms with Crippen molar-refractivity contribution in [1.82, 2.24) is 15.6 Å². The molecule has 2 heterocycles. The van der Waals surface area contributed by atoms with Gasteiger partial charge in [-0.05, 0) is 37.4 Å². The van der Waals surface area contributed by atoms with Crippen molar-refractivity contribution >= 4 is 5.91 Å². The molecule has 110 valence electrons. The molecule has 0 aliphatic carbocycles. The number of aryl methyl sites for hydroxylation is 1. The van der Waals surface area contributed by atoms with E-state index in [0.717, 1.165) is 30.5 Å². The van der Waals surface area contributed by atoms with Gasteiger partial charge in [-0.25, -0.2) is 4.98 Å². The largest absolute Gasteiger partial charge is 0.446 e. The predicted molar refractivity (Wildman–Crippen MR) is 78.8 cm³/mol. The Bertz CT molecular complexity index is 630. The predicted octanol–water partition coefficient (Wildman–Crippen LogP) is 2.34. The monoisotopic (exact) mass is 285 g/mol. The van der Waals surface area contributed by atoms with E-state index in [4.69, 9.17) is 4.42 Å². The summed E-state index contributed by atoms with van der Waals surface area (Å²) in [6, 6.07) is 8.13. The average Bonchev–Trinajstić information content (AvgIpc) is 3.16. The lowest BCUT2D eigenvalue weighted by atomic mass is 10.1. The summed E-state index contributed by atoms with van der Waals surface area (Å²) in [5.41, 5.74) is 2.60. The van der Waals surface area contributed by atoms with Crippen LogP contribution in [0.25, 0.3) is 0 Å². The second kappa shape index (κ2) is 6.10. The number of rotatable bonds is 4. The first-order valence-electron chi connectivity index (χ1n) is 7.25. The number of nitrogens with one attached hydrogen (secondary N) is 2. The number of nitrogens with zero attached hydrogens (tertiary/aromatic N) is 1. The van der Waals surface area contributed by atoms with Crippen LogP contribution in [0.2, 0.25) is 0 Å². The van der Waals surface area contributed by atoms with Gasteiger partial charge in [0, 0.05) is 6.54 Å². The van der Waals surface area contributed by atoms with E-state index in [-0.39, 0.29) is 11.9 Å². The van der Waals surface area contributed by atoms with Gasteiger partial charge >= 0.3 is 0 Å². The van der Waals surface area contributed by atoms with E-state index in [1.165, 1.54) is 6.26 Å². The molecule has 5 nitrogen and oxygen atoms in total. The molecule has 1 unspecified atom stereocenters. The lowest BCUT2D eigenvalue weighted by molar-refractivity contribution is 0.0946. The van der Waals surface area contributed by atoms with Crippen LogP contribution in [0.15, 0.2) is 34.9 Å². The van der Waals surface area contributed by atoms with Crippen LogP contribution in [0.4, 0.5) is 0 Å². The van der Waals surface area contributed by atoms with Gasteiger partial charge in [-0.1, -0.05) is 24.3 Å². The molecule has 2 N–H and O–H groups in total. The fraction of sp³-hybridized carbons (Fsp3) is 0.375. The quantitative estimate of drug-likeness (QED) is 0.905. The second-order valence-corrected chi connectivity index (χ2v) is 5.33. The van der Waals surface area contributed by atoms with Crippen LogP contribution in [0.5, 0.6) is 0 Å². The van der Waals surface area contributed by atoms with Gasteiger partial charge in [-0.15, -0.1) is 0 Å². The van der Waals surface area contributed by atoms with Gasteiger partial charge in [0.2, 0.25) is 5.89 Å². The molecule has 5 heteroatoms. The van der Waals surface area contributed by atoms with Gasteiger partial charge < -0.3 is 15.1 Å². The maximum atomic E-state index is 12.1. The van der Waals surface area contributed by atoms with Crippen molar-refractivity contribution in [1.29, 1.82) is 0 Å². The normalized spacial score (nSPS) is 17.9. The van der Waals surface area contributed by atoms with Crippen molar-refractivity contribution in [3.63, 3.8) is 0 Å². The molecule has 0 spiro atoms. The van der Waals surface area contributed by atoms with Crippen molar-refractivity contribution in [3.05, 3.63) is 53.2 Å². The Morgan fingerprint density at radius 3 is 3.10 bits per heavy atom. The van der Waals surface area contributed by atoms with Crippen molar-refractivity contribution in [3.8, 4) is 0 Å². The Hall–Kier alpha value is -2.14. The van der Waals surface area contributed by atoms with Gasteiger partial charge in [0.25, 0.3) is 5.91 Å². The number of hydrogen-bond acceptors (Lipinski definition) is 4. The van der Waals surface area contributed by atoms with Crippen molar-refractivity contribution in [2.75, 3.05) is 6.54 Å². The van der Waals surface area contributed by atoms with E-state index in [0.29, 0.717) is 18.1 Å². The van der Waals surface area contributed by atoms with E-state index in [1.54, 1.807) is 0 Å². The highest BCUT2D eigenvalue weighted by molar-refractivity contribution is 5.91. The highest BCUT2D eigenvalue weighted by Crippen LogP contribution is 2.22. The first-order chi connectivity index (χ1) is 10.2. The molecule has 1 fully saturated rings. The van der Waals surface area contributed by atoms with E-state index in [9.17, 15) is 4.79 Å². The van der Waals surface area contributed by atoms with Crippen molar-refractivity contribution in [2.45, 2.75) is 32.4 Å². The first-order valence-corrected chi connectivity index (χ1v) is 7.25. The molecule has 21 heavy (non-hydrogen) atoms. The highest BCUT2D eigenvalue weighted by Gasteiger charge is 2.22. The molecular formula is C16H19N3O2. The summed E-state index contributed by atoms with van der Waals surface area (Å²) < 4.78 is 5.41. The number of amides is 1. The van der Waals surface area contributed by atoms with Crippen molar-refractivity contribution < 1.29 is 9.21 Å². The number of hydrogen-bond donors (Lipinski definition) is 2. The SMILES string of the molecule is Cc1ccccc1CNC(=O)c1coc(C2CCCN2)n1. The molecule has 0 bridgehead atoms. The molecule has 0 radical (unpaired) electrons. The van der Waals surface area contributed by atoms with Crippen LogP contribution in [0.1, 0.15) is 46.4 Å². The zero-order valence-corrected chi connectivity index (χ0v) is 12.1. The Morgan fingerprint density at radius 1 is 1.48 bits per heavy atom. The van der Waals surface area contributed by atoms with Crippen LogP contribution in [0.3, 0.4) is 0 Å². The number of oxazole rings is 1. The van der Waals surface area contributed by atoms with Gasteiger partial charge in [-0.3, -0.25) is 4.79 Å². The van der Waals surface area contributed by atoms with Crippen LogP contribution in [-0.2, 0) is 6.54 Å². The third kappa shape index (κ3) is 3.13. The molecule has 3 rings (SSSR count). The third-order valence-electron chi connectivity index (χ3n) is 3.81. The average molecular weight is 285 g/mol. The fourth-order valence-corrected chi connectivity index (χ4v) is 2.52. The van der Waals surface area contributed by atoms with Crippen LogP contribution in [0, 0.1) is 6.92 Å². The molecule has 1 amide bonds. The third-order valence-corrected chi connectivity index (χ3v) is 3.81. The zero-order valence-electron chi connectivity index (χ0n) is 12.1. The minimum absolute atomic E-state index is 0.142. The van der Waals surface area contributed by atoms with E-state index >= 15 is 0 Å². The zero-order chi connectivity index (χ0) is 14.7. The summed E-state index contributed by atoms with van der Waals surface area (Å²) in [6.07, 6.45) is 3.55. The summed E-state index contributed by atoms with van der Waals surface area (Å²) in [4.78, 5) is 16.4. The fourth-order valence-electron chi connectivity index (χ4n) is 2.52. The molecule has 0 saturated carbocycles. The molecule has 1 aromatic heterocycles. The van der Waals surface area contributed by atoms with Crippen LogP contribution in [-0.4, -0.2) is 17.4 Å². The molecule has 1 aliphatic rings. The molecule has 1 saturated heterocycles. The first kappa shape index (κ1) is 13.8. The summed E-state index contributed by atoms with van der Waals surface area (Å²) >= 11 is 0. The Kier molecular flexibility index (Phi) is 4.01. The summed E-state index contributed by atoms with van der Waals surface area (Å²) in [7, 11) is 0. The smallest absolute Gasteiger partial charge is 0.273 e. The van der Waals surface area contributed by atoms with E-state index in [2.05, 4.69) is 15.6 Å². The topological polar surface area (TPSA) is 67.2 Å². The Morgan fingerprint density at radius 2 is 2.33 bits per heavy atom. The summed E-state index contributed by atoms with van der Waals surface area (Å²) in [5, 5.41) is 6.18. The minimum Gasteiger partial charge on any atom is -0.446 e. The summed E-state index contributed by atoms with van der Waals surface area (Å²) in [5.74, 6) is 0.403. The van der Waals surface area contributed by atoms with Gasteiger partial charge in [0.15, 0.2) is 5.69 Å². The molecule has 1 aromatic carbocycles. The second-order valence-electron chi connectivity index (χ2n) is 5.33.